The van der Waals surface area contributed by atoms with Crippen molar-refractivity contribution < 1.29 is 9.18 Å². The molecule has 0 atom stereocenters. The molecule has 170 valence electrons. The van der Waals surface area contributed by atoms with E-state index in [0.717, 1.165) is 29.9 Å². The monoisotopic (exact) mass is 448 g/mol. The normalized spacial score (nSPS) is 15.3. The van der Waals surface area contributed by atoms with Crippen LogP contribution in [0.15, 0.2) is 47.3 Å². The van der Waals surface area contributed by atoms with Crippen molar-refractivity contribution in [3.63, 3.8) is 0 Å². The smallest absolute Gasteiger partial charge is 0.262 e. The highest BCUT2D eigenvalue weighted by Crippen LogP contribution is 2.18. The molecule has 0 radical (unpaired) electrons. The van der Waals surface area contributed by atoms with Crippen molar-refractivity contribution in [1.29, 1.82) is 0 Å². The lowest BCUT2D eigenvalue weighted by atomic mass is 10.1. The Bertz CT molecular complexity index is 1430. The molecule has 0 bridgehead atoms. The molecule has 8 nitrogen and oxygen atoms in total. The Morgan fingerprint density at radius 3 is 2.73 bits per heavy atom. The Balaban J connectivity index is 1.40. The molecule has 2 aromatic heterocycles. The summed E-state index contributed by atoms with van der Waals surface area (Å²) >= 11 is 0. The second-order valence-corrected chi connectivity index (χ2v) is 8.57. The minimum atomic E-state index is -0.409. The number of fused-ring (bicyclic) bond motifs is 3. The molecule has 1 fully saturated rings. The van der Waals surface area contributed by atoms with Gasteiger partial charge in [-0.15, -0.1) is 10.2 Å². The summed E-state index contributed by atoms with van der Waals surface area (Å²) in [6.07, 6.45) is 0.802. The van der Waals surface area contributed by atoms with Gasteiger partial charge in [0.1, 0.15) is 5.82 Å². The van der Waals surface area contributed by atoms with Crippen LogP contribution in [-0.4, -0.2) is 61.1 Å². The number of carbonyl (C=O) groups excluding carboxylic acids is 1. The predicted octanol–water partition coefficient (Wildman–Crippen LogP) is 2.38. The summed E-state index contributed by atoms with van der Waals surface area (Å²) in [5.74, 6) is 0.692. The van der Waals surface area contributed by atoms with Crippen LogP contribution in [0.3, 0.4) is 0 Å². The molecule has 2 aromatic carbocycles. The van der Waals surface area contributed by atoms with Crippen molar-refractivity contribution in [2.24, 2.45) is 7.05 Å². The van der Waals surface area contributed by atoms with E-state index in [0.29, 0.717) is 42.9 Å². The van der Waals surface area contributed by atoms with Crippen molar-refractivity contribution in [3.8, 4) is 0 Å². The fraction of sp³-hybridized carbons (Fsp3) is 0.333. The molecule has 0 saturated carbocycles. The maximum atomic E-state index is 13.5. The second-order valence-electron chi connectivity index (χ2n) is 8.57. The second kappa shape index (κ2) is 8.40. The predicted molar refractivity (Wildman–Crippen MR) is 123 cm³/mol. The minimum Gasteiger partial charge on any atom is -0.337 e. The van der Waals surface area contributed by atoms with Gasteiger partial charge >= 0.3 is 0 Å². The lowest BCUT2D eigenvalue weighted by Crippen LogP contribution is -2.35. The molecule has 4 aromatic rings. The van der Waals surface area contributed by atoms with Gasteiger partial charge in [-0.1, -0.05) is 17.7 Å². The largest absolute Gasteiger partial charge is 0.337 e. The zero-order chi connectivity index (χ0) is 23.1. The van der Waals surface area contributed by atoms with Gasteiger partial charge in [-0.3, -0.25) is 23.5 Å². The van der Waals surface area contributed by atoms with Crippen LogP contribution in [0.4, 0.5) is 4.39 Å². The van der Waals surface area contributed by atoms with Crippen molar-refractivity contribution in [1.82, 2.24) is 29.0 Å². The number of aryl methyl sites for hydroxylation is 2. The summed E-state index contributed by atoms with van der Waals surface area (Å²) in [7, 11) is 1.71. The van der Waals surface area contributed by atoms with Crippen LogP contribution in [0.2, 0.25) is 0 Å². The summed E-state index contributed by atoms with van der Waals surface area (Å²) in [5.41, 5.74) is 2.08. The number of hydrogen-bond acceptors (Lipinski definition) is 5. The van der Waals surface area contributed by atoms with E-state index >= 15 is 0 Å². The van der Waals surface area contributed by atoms with Crippen LogP contribution >= 0.6 is 0 Å². The van der Waals surface area contributed by atoms with E-state index < -0.39 is 5.82 Å². The Morgan fingerprint density at radius 1 is 1.06 bits per heavy atom. The highest BCUT2D eigenvalue weighted by molar-refractivity contribution is 5.94. The lowest BCUT2D eigenvalue weighted by molar-refractivity contribution is 0.0760. The number of hydrogen-bond donors (Lipinski definition) is 0. The molecule has 1 amide bonds. The molecule has 1 saturated heterocycles. The van der Waals surface area contributed by atoms with Gasteiger partial charge in [0, 0.05) is 38.8 Å². The van der Waals surface area contributed by atoms with Crippen molar-refractivity contribution >= 4 is 22.6 Å². The van der Waals surface area contributed by atoms with Gasteiger partial charge < -0.3 is 4.90 Å². The molecule has 1 aliphatic rings. The Morgan fingerprint density at radius 2 is 1.91 bits per heavy atom. The van der Waals surface area contributed by atoms with E-state index in [9.17, 15) is 14.0 Å². The van der Waals surface area contributed by atoms with Crippen molar-refractivity contribution in [2.75, 3.05) is 26.2 Å². The van der Waals surface area contributed by atoms with E-state index in [4.69, 9.17) is 0 Å². The summed E-state index contributed by atoms with van der Waals surface area (Å²) in [4.78, 5) is 29.6. The summed E-state index contributed by atoms with van der Waals surface area (Å²) < 4.78 is 17.0. The summed E-state index contributed by atoms with van der Waals surface area (Å²) in [6.45, 7) is 5.13. The zero-order valence-corrected chi connectivity index (χ0v) is 18.7. The molecule has 9 heteroatoms. The first-order valence-corrected chi connectivity index (χ1v) is 11.0. The quantitative estimate of drug-likeness (QED) is 0.481. The van der Waals surface area contributed by atoms with E-state index in [2.05, 4.69) is 15.1 Å². The highest BCUT2D eigenvalue weighted by atomic mass is 19.1. The number of nitrogens with zero attached hydrogens (tertiary/aromatic N) is 6. The van der Waals surface area contributed by atoms with Crippen molar-refractivity contribution in [3.05, 3.63) is 75.6 Å². The summed E-state index contributed by atoms with van der Waals surface area (Å²) in [6, 6.07) is 11.6. The molecular weight excluding hydrogens is 423 g/mol. The average molecular weight is 449 g/mol. The van der Waals surface area contributed by atoms with Gasteiger partial charge in [-0.05, 0) is 43.7 Å². The molecule has 5 rings (SSSR count). The molecule has 1 aliphatic heterocycles. The molecule has 0 aliphatic carbocycles. The van der Waals surface area contributed by atoms with Gasteiger partial charge in [0.05, 0.1) is 17.4 Å². The number of benzene rings is 2. The van der Waals surface area contributed by atoms with Crippen LogP contribution in [0.1, 0.15) is 28.2 Å². The van der Waals surface area contributed by atoms with Gasteiger partial charge in [0.2, 0.25) is 5.78 Å². The topological polar surface area (TPSA) is 75.7 Å². The third kappa shape index (κ3) is 3.89. The molecular formula is C24H25FN6O2. The maximum absolute atomic E-state index is 13.5. The zero-order valence-electron chi connectivity index (χ0n) is 18.7. The molecule has 0 N–H and O–H groups in total. The first-order valence-electron chi connectivity index (χ1n) is 11.0. The third-order valence-corrected chi connectivity index (χ3v) is 6.25. The molecule has 0 spiro atoms. The number of rotatable bonds is 3. The Hall–Kier alpha value is -3.59. The molecule has 33 heavy (non-hydrogen) atoms. The maximum Gasteiger partial charge on any atom is 0.262 e. The van der Waals surface area contributed by atoms with Crippen LogP contribution in [0, 0.1) is 12.7 Å². The summed E-state index contributed by atoms with van der Waals surface area (Å²) in [5, 5.41) is 9.31. The van der Waals surface area contributed by atoms with E-state index in [1.54, 1.807) is 24.1 Å². The van der Waals surface area contributed by atoms with Gasteiger partial charge in [0.15, 0.2) is 5.82 Å². The van der Waals surface area contributed by atoms with Crippen LogP contribution < -0.4 is 5.56 Å². The SMILES string of the molecule is Cc1ccc2c(c1)c(=O)n(C)c1nnc(CN3CCCN(C(=O)c4cccc(F)c4)CC3)n21. The lowest BCUT2D eigenvalue weighted by Gasteiger charge is -2.22. The van der Waals surface area contributed by atoms with Gasteiger partial charge in [0.25, 0.3) is 11.5 Å². The fourth-order valence-electron chi connectivity index (χ4n) is 4.50. The molecule has 0 unspecified atom stereocenters. The first-order chi connectivity index (χ1) is 15.9. The molecule has 3 heterocycles. The van der Waals surface area contributed by atoms with E-state index in [1.165, 1.54) is 16.7 Å². The van der Waals surface area contributed by atoms with E-state index in [1.807, 2.05) is 29.5 Å². The van der Waals surface area contributed by atoms with Gasteiger partial charge in [-0.25, -0.2) is 4.39 Å². The average Bonchev–Trinajstić information content (AvgIpc) is 3.07. The van der Waals surface area contributed by atoms with E-state index in [-0.39, 0.29) is 11.5 Å². The number of halogens is 1. The van der Waals surface area contributed by atoms with Crippen LogP contribution in [0.25, 0.3) is 16.7 Å². The standard InChI is InChI=1S/C24H25FN6O2/c1-16-7-8-20-19(13-16)23(33)28(2)24-27-26-21(31(20)24)15-29-9-4-10-30(12-11-29)22(32)17-5-3-6-18(25)14-17/h3,5-8,13-14H,4,9-12,15H2,1-2H3. The first kappa shape index (κ1) is 21.3. The van der Waals surface area contributed by atoms with Gasteiger partial charge in [-0.2, -0.15) is 0 Å². The number of carbonyl (C=O) groups is 1. The Kier molecular flexibility index (Phi) is 5.41. The Labute approximate surface area is 189 Å². The van der Waals surface area contributed by atoms with Crippen LogP contribution in [-0.2, 0) is 13.6 Å². The highest BCUT2D eigenvalue weighted by Gasteiger charge is 2.23. The minimum absolute atomic E-state index is 0.0959. The van der Waals surface area contributed by atoms with Crippen molar-refractivity contribution in [2.45, 2.75) is 19.9 Å². The third-order valence-electron chi connectivity index (χ3n) is 6.25. The van der Waals surface area contributed by atoms with Crippen LogP contribution in [0.5, 0.6) is 0 Å². The number of amides is 1. The number of aromatic nitrogens is 4. The fourth-order valence-corrected chi connectivity index (χ4v) is 4.50.